The lowest BCUT2D eigenvalue weighted by Crippen LogP contribution is -2.43. The molecule has 10 heteroatoms. The van der Waals surface area contributed by atoms with E-state index in [2.05, 4.69) is 20.8 Å². The number of urea groups is 1. The Morgan fingerprint density at radius 3 is 2.92 bits per heavy atom. The number of nitrogens with one attached hydrogen (secondary N) is 2. The second kappa shape index (κ2) is 7.83. The van der Waals surface area contributed by atoms with Gasteiger partial charge in [0.1, 0.15) is 0 Å². The number of carbonyl (C=O) groups is 1. The highest BCUT2D eigenvalue weighted by atomic mass is 32.2. The molecule has 1 aliphatic heterocycles. The maximum atomic E-state index is 12.2. The molecule has 2 aromatic rings. The van der Waals surface area contributed by atoms with Crippen molar-refractivity contribution in [3.8, 4) is 11.5 Å². The molecule has 1 aliphatic rings. The van der Waals surface area contributed by atoms with Gasteiger partial charge in [0.05, 0.1) is 17.5 Å². The molecule has 2 N–H and O–H groups in total. The molecule has 9 nitrogen and oxygen atoms in total. The number of rotatable bonds is 5. The lowest BCUT2D eigenvalue weighted by Gasteiger charge is -2.30. The van der Waals surface area contributed by atoms with Crippen molar-refractivity contribution in [1.82, 2.24) is 19.8 Å². The van der Waals surface area contributed by atoms with Crippen molar-refractivity contribution in [2.24, 2.45) is 5.92 Å². The summed E-state index contributed by atoms with van der Waals surface area (Å²) in [6, 6.07) is 6.75. The number of aromatic nitrogens is 2. The molecule has 1 fully saturated rings. The number of amides is 2. The van der Waals surface area contributed by atoms with Gasteiger partial charge in [-0.1, -0.05) is 12.1 Å². The van der Waals surface area contributed by atoms with E-state index < -0.39 is 10.0 Å². The molecule has 1 aromatic heterocycles. The molecule has 3 rings (SSSR count). The van der Waals surface area contributed by atoms with Crippen LogP contribution in [0.15, 0.2) is 35.1 Å². The first-order valence-corrected chi connectivity index (χ1v) is 10.1. The third-order valence-electron chi connectivity index (χ3n) is 4.27. The van der Waals surface area contributed by atoms with Crippen LogP contribution in [0.25, 0.3) is 11.5 Å². The van der Waals surface area contributed by atoms with Crippen molar-refractivity contribution in [1.29, 1.82) is 0 Å². The monoisotopic (exact) mass is 379 g/mol. The fourth-order valence-electron chi connectivity index (χ4n) is 2.97. The van der Waals surface area contributed by atoms with Crippen LogP contribution in [0.5, 0.6) is 0 Å². The zero-order valence-corrected chi connectivity index (χ0v) is 15.2. The molecule has 2 heterocycles. The molecular formula is C16H21N5O4S. The van der Waals surface area contributed by atoms with Crippen LogP contribution in [-0.2, 0) is 10.0 Å². The first kappa shape index (κ1) is 18.3. The number of piperidine rings is 1. The highest BCUT2D eigenvalue weighted by Gasteiger charge is 2.26. The van der Waals surface area contributed by atoms with E-state index in [0.717, 1.165) is 12.8 Å². The summed E-state index contributed by atoms with van der Waals surface area (Å²) in [6.45, 7) is 1.37. The van der Waals surface area contributed by atoms with Crippen molar-refractivity contribution in [3.63, 3.8) is 0 Å². The quantitative estimate of drug-likeness (QED) is 0.813. The van der Waals surface area contributed by atoms with Gasteiger partial charge in [0.25, 0.3) is 0 Å². The summed E-state index contributed by atoms with van der Waals surface area (Å²) in [7, 11) is -3.19. The molecular weight excluding hydrogens is 358 g/mol. The summed E-state index contributed by atoms with van der Waals surface area (Å²) in [5, 5.41) is 13.1. The third-order valence-corrected chi connectivity index (χ3v) is 5.54. The molecule has 0 aliphatic carbocycles. The van der Waals surface area contributed by atoms with E-state index in [-0.39, 0.29) is 11.9 Å². The highest BCUT2D eigenvalue weighted by Crippen LogP contribution is 2.25. The van der Waals surface area contributed by atoms with E-state index in [1.165, 1.54) is 17.0 Å². The molecule has 0 unspecified atom stereocenters. The van der Waals surface area contributed by atoms with Gasteiger partial charge in [0, 0.05) is 19.6 Å². The molecule has 1 saturated heterocycles. The standard InChI is InChI=1S/C16H21N5O4S/c1-26(23,24)21-8-4-5-12(10-21)9-17-16(22)19-14-7-3-2-6-13(14)15-20-18-11-25-15/h2-3,6-7,11-12H,4-5,8-10H2,1H3,(H2,17,19,22)/t12-/m1/s1. The Morgan fingerprint density at radius 2 is 2.19 bits per heavy atom. The van der Waals surface area contributed by atoms with Crippen LogP contribution in [-0.4, -0.2) is 54.8 Å². The number of nitrogens with zero attached hydrogens (tertiary/aromatic N) is 3. The largest absolute Gasteiger partial charge is 0.423 e. The average Bonchev–Trinajstić information content (AvgIpc) is 3.14. The minimum absolute atomic E-state index is 0.0930. The number of anilines is 1. The lowest BCUT2D eigenvalue weighted by molar-refractivity contribution is 0.239. The number of hydrogen-bond acceptors (Lipinski definition) is 6. The number of para-hydroxylation sites is 1. The minimum Gasteiger partial charge on any atom is -0.423 e. The molecule has 2 amide bonds. The summed E-state index contributed by atoms with van der Waals surface area (Å²) >= 11 is 0. The van der Waals surface area contributed by atoms with Crippen LogP contribution >= 0.6 is 0 Å². The SMILES string of the molecule is CS(=O)(=O)N1CCC[C@H](CNC(=O)Nc2ccccc2-c2nnco2)C1. The van der Waals surface area contributed by atoms with Gasteiger partial charge < -0.3 is 15.1 Å². The predicted octanol–water partition coefficient (Wildman–Crippen LogP) is 1.53. The smallest absolute Gasteiger partial charge is 0.319 e. The van der Waals surface area contributed by atoms with Crippen LogP contribution in [0.1, 0.15) is 12.8 Å². The van der Waals surface area contributed by atoms with Gasteiger partial charge in [-0.25, -0.2) is 17.5 Å². The molecule has 0 bridgehead atoms. The summed E-state index contributed by atoms with van der Waals surface area (Å²) in [5.74, 6) is 0.410. The van der Waals surface area contributed by atoms with Crippen molar-refractivity contribution < 1.29 is 17.6 Å². The van der Waals surface area contributed by atoms with E-state index in [4.69, 9.17) is 4.42 Å². The van der Waals surface area contributed by atoms with Crippen LogP contribution in [0.3, 0.4) is 0 Å². The Hall–Kier alpha value is -2.46. The molecule has 1 aromatic carbocycles. The van der Waals surface area contributed by atoms with E-state index in [1.807, 2.05) is 6.07 Å². The summed E-state index contributed by atoms with van der Waals surface area (Å²) in [4.78, 5) is 12.2. The van der Waals surface area contributed by atoms with E-state index in [1.54, 1.807) is 18.2 Å². The van der Waals surface area contributed by atoms with E-state index in [0.29, 0.717) is 36.8 Å². The second-order valence-corrected chi connectivity index (χ2v) is 8.24. The van der Waals surface area contributed by atoms with E-state index in [9.17, 15) is 13.2 Å². The number of benzene rings is 1. The van der Waals surface area contributed by atoms with Gasteiger partial charge in [0.15, 0.2) is 0 Å². The first-order valence-electron chi connectivity index (χ1n) is 8.29. The Labute approximate surface area is 151 Å². The lowest BCUT2D eigenvalue weighted by atomic mass is 10.00. The van der Waals surface area contributed by atoms with Crippen LogP contribution in [0, 0.1) is 5.92 Å². The topological polar surface area (TPSA) is 117 Å². The molecule has 140 valence electrons. The highest BCUT2D eigenvalue weighted by molar-refractivity contribution is 7.88. The zero-order valence-electron chi connectivity index (χ0n) is 14.4. The summed E-state index contributed by atoms with van der Waals surface area (Å²) < 4.78 is 30.0. The number of carbonyl (C=O) groups excluding carboxylic acids is 1. The van der Waals surface area contributed by atoms with Gasteiger partial charge in [-0.05, 0) is 30.9 Å². The molecule has 0 saturated carbocycles. The van der Waals surface area contributed by atoms with E-state index >= 15 is 0 Å². The molecule has 1 atom stereocenters. The maximum Gasteiger partial charge on any atom is 0.319 e. The number of sulfonamides is 1. The van der Waals surface area contributed by atoms with Gasteiger partial charge in [-0.2, -0.15) is 0 Å². The van der Waals surface area contributed by atoms with Crippen LogP contribution < -0.4 is 10.6 Å². The Balaban J connectivity index is 1.57. The van der Waals surface area contributed by atoms with Gasteiger partial charge in [-0.15, -0.1) is 10.2 Å². The first-order chi connectivity index (χ1) is 12.4. The Morgan fingerprint density at radius 1 is 1.38 bits per heavy atom. The fourth-order valence-corrected chi connectivity index (χ4v) is 3.91. The average molecular weight is 379 g/mol. The van der Waals surface area contributed by atoms with Crippen LogP contribution in [0.2, 0.25) is 0 Å². The number of hydrogen-bond donors (Lipinski definition) is 2. The van der Waals surface area contributed by atoms with Crippen molar-refractivity contribution in [3.05, 3.63) is 30.7 Å². The fraction of sp³-hybridized carbons (Fsp3) is 0.438. The molecule has 26 heavy (non-hydrogen) atoms. The summed E-state index contributed by atoms with van der Waals surface area (Å²) in [6.07, 6.45) is 4.11. The third kappa shape index (κ3) is 4.58. The van der Waals surface area contributed by atoms with Crippen molar-refractivity contribution in [2.75, 3.05) is 31.2 Å². The Kier molecular flexibility index (Phi) is 5.52. The van der Waals surface area contributed by atoms with Gasteiger partial charge in [-0.3, -0.25) is 0 Å². The second-order valence-electron chi connectivity index (χ2n) is 6.25. The summed E-state index contributed by atoms with van der Waals surface area (Å²) in [5.41, 5.74) is 1.18. The van der Waals surface area contributed by atoms with Crippen LogP contribution in [0.4, 0.5) is 10.5 Å². The normalized spacial score (nSPS) is 18.4. The maximum absolute atomic E-state index is 12.2. The Bertz CT molecular complexity index is 853. The van der Waals surface area contributed by atoms with Gasteiger partial charge >= 0.3 is 6.03 Å². The molecule has 0 radical (unpaired) electrons. The zero-order chi connectivity index (χ0) is 18.6. The minimum atomic E-state index is -3.19. The van der Waals surface area contributed by atoms with Crippen molar-refractivity contribution >= 4 is 21.7 Å². The molecule has 0 spiro atoms. The predicted molar refractivity (Wildman–Crippen MR) is 95.9 cm³/mol. The van der Waals surface area contributed by atoms with Gasteiger partial charge in [0.2, 0.25) is 22.3 Å². The van der Waals surface area contributed by atoms with Crippen molar-refractivity contribution in [2.45, 2.75) is 12.8 Å².